The highest BCUT2D eigenvalue weighted by atomic mass is 35.5. The standard InChI is InChI=1S/C14H15ClFN5O/c15-12-8-10(9-22-11-2-1-3-18-13(11)16)19-14(20-12)21-6-4-17-5-7-21/h1-3,8,17H,4-7,9H2. The summed E-state index contributed by atoms with van der Waals surface area (Å²) in [5.41, 5.74) is 0.594. The fraction of sp³-hybridized carbons (Fsp3) is 0.357. The van der Waals surface area contributed by atoms with Crippen LogP contribution in [0.5, 0.6) is 5.75 Å². The first-order chi connectivity index (χ1) is 10.7. The largest absolute Gasteiger partial charge is 0.482 e. The van der Waals surface area contributed by atoms with E-state index in [1.807, 2.05) is 0 Å². The lowest BCUT2D eigenvalue weighted by atomic mass is 10.3. The van der Waals surface area contributed by atoms with Crippen molar-refractivity contribution in [1.82, 2.24) is 20.3 Å². The van der Waals surface area contributed by atoms with Crippen LogP contribution in [0.1, 0.15) is 5.69 Å². The Morgan fingerprint density at radius 2 is 2.14 bits per heavy atom. The third-order valence-corrected chi connectivity index (χ3v) is 3.43. The summed E-state index contributed by atoms with van der Waals surface area (Å²) in [5.74, 6) is 0.00481. The molecular formula is C14H15ClFN5O. The minimum Gasteiger partial charge on any atom is -0.482 e. The maximum absolute atomic E-state index is 13.4. The Balaban J connectivity index is 1.73. The number of rotatable bonds is 4. The summed E-state index contributed by atoms with van der Waals surface area (Å²) in [6.07, 6.45) is 1.37. The first-order valence-electron chi connectivity index (χ1n) is 6.95. The third kappa shape index (κ3) is 3.61. The number of hydrogen-bond acceptors (Lipinski definition) is 6. The van der Waals surface area contributed by atoms with Gasteiger partial charge < -0.3 is 15.0 Å². The number of anilines is 1. The van der Waals surface area contributed by atoms with Crippen LogP contribution in [0.4, 0.5) is 10.3 Å². The Labute approximate surface area is 132 Å². The summed E-state index contributed by atoms with van der Waals surface area (Å²) in [7, 11) is 0. The van der Waals surface area contributed by atoms with Crippen LogP contribution in [0.15, 0.2) is 24.4 Å². The lowest BCUT2D eigenvalue weighted by Crippen LogP contribution is -2.44. The second-order valence-electron chi connectivity index (χ2n) is 4.80. The normalized spacial score (nSPS) is 14.9. The third-order valence-electron chi connectivity index (χ3n) is 3.24. The molecule has 1 N–H and O–H groups in total. The Hall–Kier alpha value is -1.99. The van der Waals surface area contributed by atoms with Crippen LogP contribution in [0, 0.1) is 5.95 Å². The molecule has 0 saturated carbocycles. The molecule has 0 bridgehead atoms. The Bertz CT molecular complexity index is 651. The van der Waals surface area contributed by atoms with Crippen molar-refractivity contribution in [1.29, 1.82) is 0 Å². The van der Waals surface area contributed by atoms with Crippen molar-refractivity contribution in [2.75, 3.05) is 31.1 Å². The average molecular weight is 324 g/mol. The van der Waals surface area contributed by atoms with Crippen LogP contribution in [-0.2, 0) is 6.61 Å². The molecule has 0 radical (unpaired) electrons. The fourth-order valence-electron chi connectivity index (χ4n) is 2.16. The molecule has 1 aliphatic rings. The number of hydrogen-bond donors (Lipinski definition) is 1. The van der Waals surface area contributed by atoms with E-state index in [-0.39, 0.29) is 12.4 Å². The van der Waals surface area contributed by atoms with E-state index in [9.17, 15) is 4.39 Å². The van der Waals surface area contributed by atoms with E-state index in [0.29, 0.717) is 16.8 Å². The first-order valence-corrected chi connectivity index (χ1v) is 7.32. The molecule has 2 aromatic heterocycles. The van der Waals surface area contributed by atoms with Crippen molar-refractivity contribution >= 4 is 17.5 Å². The summed E-state index contributed by atoms with van der Waals surface area (Å²) in [4.78, 5) is 14.3. The van der Waals surface area contributed by atoms with Crippen molar-refractivity contribution < 1.29 is 9.13 Å². The van der Waals surface area contributed by atoms with Gasteiger partial charge in [0.1, 0.15) is 11.8 Å². The Kier molecular flexibility index (Phi) is 4.65. The number of halogens is 2. The number of pyridine rings is 1. The zero-order chi connectivity index (χ0) is 15.4. The molecule has 8 heteroatoms. The van der Waals surface area contributed by atoms with Gasteiger partial charge in [-0.1, -0.05) is 11.6 Å². The minimum atomic E-state index is -0.648. The number of aromatic nitrogens is 3. The van der Waals surface area contributed by atoms with Crippen molar-refractivity contribution in [3.63, 3.8) is 0 Å². The maximum atomic E-state index is 13.4. The van der Waals surface area contributed by atoms with Gasteiger partial charge in [-0.05, 0) is 12.1 Å². The van der Waals surface area contributed by atoms with Gasteiger partial charge in [0.05, 0.1) is 5.69 Å². The zero-order valence-electron chi connectivity index (χ0n) is 11.8. The van der Waals surface area contributed by atoms with E-state index >= 15 is 0 Å². The highest BCUT2D eigenvalue weighted by molar-refractivity contribution is 6.29. The van der Waals surface area contributed by atoms with Crippen molar-refractivity contribution in [2.24, 2.45) is 0 Å². The van der Waals surface area contributed by atoms with Gasteiger partial charge in [0.2, 0.25) is 5.95 Å². The van der Waals surface area contributed by atoms with Crippen LogP contribution < -0.4 is 15.0 Å². The van der Waals surface area contributed by atoms with E-state index < -0.39 is 5.95 Å². The number of nitrogens with zero attached hydrogens (tertiary/aromatic N) is 4. The minimum absolute atomic E-state index is 0.0842. The predicted molar refractivity (Wildman–Crippen MR) is 80.7 cm³/mol. The highest BCUT2D eigenvalue weighted by Gasteiger charge is 2.15. The molecular weight excluding hydrogens is 309 g/mol. The van der Waals surface area contributed by atoms with Gasteiger partial charge in [0, 0.05) is 38.4 Å². The van der Waals surface area contributed by atoms with Gasteiger partial charge in [-0.25, -0.2) is 15.0 Å². The van der Waals surface area contributed by atoms with E-state index in [0.717, 1.165) is 26.2 Å². The van der Waals surface area contributed by atoms with E-state index in [1.54, 1.807) is 12.1 Å². The molecule has 3 heterocycles. The molecule has 1 saturated heterocycles. The van der Waals surface area contributed by atoms with Crippen LogP contribution in [-0.4, -0.2) is 41.1 Å². The predicted octanol–water partition coefficient (Wildman–Crippen LogP) is 1.65. The zero-order valence-corrected chi connectivity index (χ0v) is 12.6. The second-order valence-corrected chi connectivity index (χ2v) is 5.19. The molecule has 0 aliphatic carbocycles. The summed E-state index contributed by atoms with van der Waals surface area (Å²) >= 11 is 6.05. The van der Waals surface area contributed by atoms with Crippen LogP contribution in [0.3, 0.4) is 0 Å². The molecule has 0 spiro atoms. The van der Waals surface area contributed by atoms with E-state index in [2.05, 4.69) is 25.2 Å². The van der Waals surface area contributed by atoms with E-state index in [4.69, 9.17) is 16.3 Å². The molecule has 0 aromatic carbocycles. The quantitative estimate of drug-likeness (QED) is 0.682. The first kappa shape index (κ1) is 14.9. The number of piperazine rings is 1. The van der Waals surface area contributed by atoms with Gasteiger partial charge in [0.15, 0.2) is 5.75 Å². The summed E-state index contributed by atoms with van der Waals surface area (Å²) in [6.45, 7) is 3.49. The lowest BCUT2D eigenvalue weighted by molar-refractivity contribution is 0.281. The average Bonchev–Trinajstić information content (AvgIpc) is 2.54. The molecule has 6 nitrogen and oxygen atoms in total. The summed E-state index contributed by atoms with van der Waals surface area (Å²) in [6, 6.07) is 4.74. The SMILES string of the molecule is Fc1ncccc1OCc1cc(Cl)nc(N2CCNCC2)n1. The van der Waals surface area contributed by atoms with Crippen LogP contribution >= 0.6 is 11.6 Å². The van der Waals surface area contributed by atoms with Gasteiger partial charge in [-0.3, -0.25) is 0 Å². The highest BCUT2D eigenvalue weighted by Crippen LogP contribution is 2.18. The molecule has 0 unspecified atom stereocenters. The molecule has 116 valence electrons. The molecule has 1 aliphatic heterocycles. The van der Waals surface area contributed by atoms with Gasteiger partial charge in [-0.2, -0.15) is 4.39 Å². The molecule has 0 atom stereocenters. The summed E-state index contributed by atoms with van der Waals surface area (Å²) < 4.78 is 18.8. The molecule has 1 fully saturated rings. The fourth-order valence-corrected chi connectivity index (χ4v) is 2.36. The van der Waals surface area contributed by atoms with E-state index in [1.165, 1.54) is 12.3 Å². The van der Waals surface area contributed by atoms with Gasteiger partial charge in [-0.15, -0.1) is 0 Å². The van der Waals surface area contributed by atoms with Gasteiger partial charge >= 0.3 is 0 Å². The van der Waals surface area contributed by atoms with Crippen LogP contribution in [0.25, 0.3) is 0 Å². The molecule has 3 rings (SSSR count). The summed E-state index contributed by atoms with van der Waals surface area (Å²) in [5, 5.41) is 3.60. The van der Waals surface area contributed by atoms with Crippen LogP contribution in [0.2, 0.25) is 5.15 Å². The van der Waals surface area contributed by atoms with Crippen molar-refractivity contribution in [3.8, 4) is 5.75 Å². The second kappa shape index (κ2) is 6.85. The van der Waals surface area contributed by atoms with Crippen molar-refractivity contribution in [3.05, 3.63) is 41.2 Å². The molecule has 22 heavy (non-hydrogen) atoms. The topological polar surface area (TPSA) is 63.2 Å². The van der Waals surface area contributed by atoms with Gasteiger partial charge in [0.25, 0.3) is 5.95 Å². The number of ether oxygens (including phenoxy) is 1. The Morgan fingerprint density at radius 1 is 1.32 bits per heavy atom. The molecule has 2 aromatic rings. The molecule has 0 amide bonds. The monoisotopic (exact) mass is 323 g/mol. The maximum Gasteiger partial charge on any atom is 0.255 e. The number of nitrogens with one attached hydrogen (secondary N) is 1. The lowest BCUT2D eigenvalue weighted by Gasteiger charge is -2.27. The van der Waals surface area contributed by atoms with Crippen molar-refractivity contribution in [2.45, 2.75) is 6.61 Å². The Morgan fingerprint density at radius 3 is 2.91 bits per heavy atom. The smallest absolute Gasteiger partial charge is 0.255 e.